The fraction of sp³-hybridized carbons (Fsp3) is 0.833. The van der Waals surface area contributed by atoms with Crippen molar-refractivity contribution in [1.29, 1.82) is 0 Å². The van der Waals surface area contributed by atoms with Gasteiger partial charge in [-0.2, -0.15) is 0 Å². The third kappa shape index (κ3) is 6.33. The van der Waals surface area contributed by atoms with Crippen LogP contribution in [-0.2, 0) is 15.6 Å². The van der Waals surface area contributed by atoms with Crippen LogP contribution in [0.15, 0.2) is 0 Å². The number of carboxylic acids is 1. The molecule has 0 bridgehead atoms. The van der Waals surface area contributed by atoms with E-state index in [2.05, 4.69) is 5.32 Å². The molecule has 8 heteroatoms. The summed E-state index contributed by atoms with van der Waals surface area (Å²) in [5, 5.41) is 11.6. The Balaban J connectivity index is 2.41. The van der Waals surface area contributed by atoms with Crippen LogP contribution in [-0.4, -0.2) is 81.9 Å². The fourth-order valence-corrected chi connectivity index (χ4v) is 3.01. The minimum Gasteiger partial charge on any atom is -0.480 e. The van der Waals surface area contributed by atoms with E-state index in [4.69, 9.17) is 5.11 Å². The van der Waals surface area contributed by atoms with Crippen molar-refractivity contribution in [3.63, 3.8) is 0 Å². The second kappa shape index (κ2) is 8.21. The number of carbonyl (C=O) groups excluding carboxylic acids is 1. The first-order valence-corrected chi connectivity index (χ1v) is 8.41. The quantitative estimate of drug-likeness (QED) is 0.718. The van der Waals surface area contributed by atoms with Crippen molar-refractivity contribution in [2.75, 3.05) is 44.7 Å². The number of amides is 2. The van der Waals surface area contributed by atoms with Crippen LogP contribution in [0.25, 0.3) is 0 Å². The van der Waals surface area contributed by atoms with Crippen molar-refractivity contribution >= 4 is 22.8 Å². The Morgan fingerprint density at radius 3 is 2.60 bits per heavy atom. The van der Waals surface area contributed by atoms with Gasteiger partial charge in [0.1, 0.15) is 0 Å². The number of nitrogens with one attached hydrogen (secondary N) is 1. The molecule has 0 aromatic heterocycles. The normalized spacial score (nSPS) is 20.0. The number of rotatable bonds is 5. The highest BCUT2D eigenvalue weighted by molar-refractivity contribution is 7.84. The summed E-state index contributed by atoms with van der Waals surface area (Å²) >= 11 is 0. The molecule has 20 heavy (non-hydrogen) atoms. The van der Waals surface area contributed by atoms with Crippen molar-refractivity contribution in [3.8, 4) is 0 Å². The van der Waals surface area contributed by atoms with Crippen LogP contribution < -0.4 is 5.32 Å². The standard InChI is InChI=1S/C12H23N3O4S/c1-10(9-20(2)19)13-12(18)15-5-3-4-14(6-7-15)8-11(16)17/h10H,3-9H2,1-2H3,(H,13,18)(H,16,17). The van der Waals surface area contributed by atoms with E-state index >= 15 is 0 Å². The van der Waals surface area contributed by atoms with Gasteiger partial charge >= 0.3 is 12.0 Å². The van der Waals surface area contributed by atoms with Gasteiger partial charge in [-0.25, -0.2) is 4.79 Å². The number of hydrogen-bond donors (Lipinski definition) is 2. The highest BCUT2D eigenvalue weighted by Gasteiger charge is 2.21. The first kappa shape index (κ1) is 16.9. The maximum Gasteiger partial charge on any atom is 0.317 e. The summed E-state index contributed by atoms with van der Waals surface area (Å²) in [6.45, 7) is 4.22. The number of nitrogens with zero attached hydrogens (tertiary/aromatic N) is 2. The molecule has 0 aromatic rings. The Morgan fingerprint density at radius 1 is 1.30 bits per heavy atom. The number of carbonyl (C=O) groups is 2. The Morgan fingerprint density at radius 2 is 2.00 bits per heavy atom. The van der Waals surface area contributed by atoms with Gasteiger partial charge in [0.25, 0.3) is 0 Å². The van der Waals surface area contributed by atoms with E-state index in [9.17, 15) is 13.8 Å². The molecular weight excluding hydrogens is 282 g/mol. The zero-order valence-corrected chi connectivity index (χ0v) is 12.8. The summed E-state index contributed by atoms with van der Waals surface area (Å²) in [6, 6.07) is -0.299. The molecule has 0 radical (unpaired) electrons. The van der Waals surface area contributed by atoms with E-state index in [0.29, 0.717) is 31.9 Å². The first-order valence-electron chi connectivity index (χ1n) is 6.68. The Bertz CT molecular complexity index is 378. The van der Waals surface area contributed by atoms with E-state index in [1.807, 2.05) is 11.8 Å². The van der Waals surface area contributed by atoms with Crippen LogP contribution >= 0.6 is 0 Å². The summed E-state index contributed by atoms with van der Waals surface area (Å²) in [4.78, 5) is 26.3. The molecule has 0 aliphatic carbocycles. The molecule has 1 fully saturated rings. The lowest BCUT2D eigenvalue weighted by Crippen LogP contribution is -2.46. The molecule has 2 unspecified atom stereocenters. The predicted molar refractivity (Wildman–Crippen MR) is 77.2 cm³/mol. The predicted octanol–water partition coefficient (Wildman–Crippen LogP) is -0.445. The van der Waals surface area contributed by atoms with E-state index in [0.717, 1.165) is 6.42 Å². The summed E-state index contributed by atoms with van der Waals surface area (Å²) < 4.78 is 11.1. The summed E-state index contributed by atoms with van der Waals surface area (Å²) in [6.07, 6.45) is 2.37. The second-order valence-electron chi connectivity index (χ2n) is 5.10. The van der Waals surface area contributed by atoms with Crippen LogP contribution in [0.5, 0.6) is 0 Å². The molecule has 1 heterocycles. The molecule has 116 valence electrons. The molecule has 7 nitrogen and oxygen atoms in total. The molecule has 2 N–H and O–H groups in total. The van der Waals surface area contributed by atoms with E-state index in [1.54, 1.807) is 11.2 Å². The topological polar surface area (TPSA) is 90.0 Å². The van der Waals surface area contributed by atoms with E-state index in [-0.39, 0.29) is 18.6 Å². The lowest BCUT2D eigenvalue weighted by Gasteiger charge is -2.23. The first-order chi connectivity index (χ1) is 9.38. The highest BCUT2D eigenvalue weighted by Crippen LogP contribution is 2.03. The van der Waals surface area contributed by atoms with Crippen molar-refractivity contribution in [2.24, 2.45) is 0 Å². The van der Waals surface area contributed by atoms with Gasteiger partial charge in [-0.15, -0.1) is 0 Å². The Kier molecular flexibility index (Phi) is 6.94. The molecule has 0 saturated carbocycles. The maximum atomic E-state index is 12.1. The number of hydrogen-bond acceptors (Lipinski definition) is 4. The average molecular weight is 305 g/mol. The van der Waals surface area contributed by atoms with Gasteiger partial charge in [-0.1, -0.05) is 0 Å². The lowest BCUT2D eigenvalue weighted by molar-refractivity contribution is -0.138. The van der Waals surface area contributed by atoms with Crippen molar-refractivity contribution in [1.82, 2.24) is 15.1 Å². The van der Waals surface area contributed by atoms with Crippen molar-refractivity contribution < 1.29 is 18.9 Å². The smallest absolute Gasteiger partial charge is 0.317 e. The van der Waals surface area contributed by atoms with Crippen LogP contribution in [0.4, 0.5) is 4.79 Å². The Labute approximate surface area is 121 Å². The van der Waals surface area contributed by atoms with Gasteiger partial charge in [0.05, 0.1) is 6.54 Å². The van der Waals surface area contributed by atoms with Crippen molar-refractivity contribution in [2.45, 2.75) is 19.4 Å². The van der Waals surface area contributed by atoms with Gasteiger partial charge in [0.15, 0.2) is 0 Å². The Hall–Kier alpha value is -1.15. The largest absolute Gasteiger partial charge is 0.480 e. The third-order valence-corrected chi connectivity index (χ3v) is 4.06. The molecular formula is C12H23N3O4S. The average Bonchev–Trinajstić information content (AvgIpc) is 2.52. The number of carboxylic acid groups (broad SMARTS) is 1. The summed E-state index contributed by atoms with van der Waals surface area (Å²) in [7, 11) is -0.940. The fourth-order valence-electron chi connectivity index (χ4n) is 2.22. The molecule has 2 amide bonds. The summed E-state index contributed by atoms with van der Waals surface area (Å²) in [5.41, 5.74) is 0. The van der Waals surface area contributed by atoms with Gasteiger partial charge in [0, 0.05) is 55.0 Å². The van der Waals surface area contributed by atoms with Crippen LogP contribution in [0.1, 0.15) is 13.3 Å². The van der Waals surface area contributed by atoms with E-state index < -0.39 is 16.8 Å². The molecule has 1 aliphatic rings. The molecule has 1 saturated heterocycles. The van der Waals surface area contributed by atoms with Crippen LogP contribution in [0, 0.1) is 0 Å². The molecule has 0 aromatic carbocycles. The minimum atomic E-state index is -0.940. The van der Waals surface area contributed by atoms with Gasteiger partial charge in [-0.3, -0.25) is 13.9 Å². The van der Waals surface area contributed by atoms with Gasteiger partial charge < -0.3 is 15.3 Å². The second-order valence-corrected chi connectivity index (χ2v) is 6.58. The number of aliphatic carboxylic acids is 1. The minimum absolute atomic E-state index is 0.0146. The van der Waals surface area contributed by atoms with E-state index in [1.165, 1.54) is 0 Å². The van der Waals surface area contributed by atoms with Crippen LogP contribution in [0.3, 0.4) is 0 Å². The highest BCUT2D eigenvalue weighted by atomic mass is 32.2. The zero-order chi connectivity index (χ0) is 15.1. The lowest BCUT2D eigenvalue weighted by atomic mass is 10.3. The van der Waals surface area contributed by atoms with Gasteiger partial charge in [0.2, 0.25) is 0 Å². The summed E-state index contributed by atoms with van der Waals surface area (Å²) in [5.74, 6) is -0.410. The van der Waals surface area contributed by atoms with Crippen molar-refractivity contribution in [3.05, 3.63) is 0 Å². The van der Waals surface area contributed by atoms with Crippen LogP contribution in [0.2, 0.25) is 0 Å². The van der Waals surface area contributed by atoms with Gasteiger partial charge in [-0.05, 0) is 13.3 Å². The third-order valence-electron chi connectivity index (χ3n) is 3.09. The maximum absolute atomic E-state index is 12.1. The monoisotopic (exact) mass is 305 g/mol. The molecule has 1 rings (SSSR count). The number of urea groups is 1. The SMILES string of the molecule is CC(CS(C)=O)NC(=O)N1CCCN(CC(=O)O)CC1. The molecule has 2 atom stereocenters. The molecule has 1 aliphatic heterocycles. The molecule has 0 spiro atoms. The zero-order valence-electron chi connectivity index (χ0n) is 12.0.